The summed E-state index contributed by atoms with van der Waals surface area (Å²) in [7, 11) is 0.0410. The number of carbonyl (C=O) groups is 1. The predicted octanol–water partition coefficient (Wildman–Crippen LogP) is 7.97. The van der Waals surface area contributed by atoms with Crippen LogP contribution in [-0.2, 0) is 16.6 Å². The molecule has 1 saturated heterocycles. The summed E-state index contributed by atoms with van der Waals surface area (Å²) in [5.74, 6) is 0.202. The number of carbonyl (C=O) groups excluding carboxylic acids is 1. The fourth-order valence-electron chi connectivity index (χ4n) is 6.33. The molecule has 0 radical (unpaired) electrons. The Labute approximate surface area is 323 Å². The van der Waals surface area contributed by atoms with Gasteiger partial charge in [-0.15, -0.1) is 11.8 Å². The second-order valence-electron chi connectivity index (χ2n) is 13.5. The topological polar surface area (TPSA) is 85.0 Å². The van der Waals surface area contributed by atoms with Gasteiger partial charge in [0.1, 0.15) is 0 Å². The average molecular weight is 768 g/mol. The molecule has 2 N–H and O–H groups in total. The van der Waals surface area contributed by atoms with Crippen LogP contribution in [0.1, 0.15) is 22.3 Å². The third-order valence-electron chi connectivity index (χ3n) is 9.32. The SMILES string of the molecule is CN(C)CC[C@H](CSc1ccccc1)Nc1ccc(S(=O)(=O)NC(=O)c2ccc(N3CCN(Cc4ccccc4-c4ccc(Cl)cc4)CC3)cc2)cc1. The van der Waals surface area contributed by atoms with Crippen molar-refractivity contribution in [1.29, 1.82) is 0 Å². The Balaban J connectivity index is 1.00. The Hall–Kier alpha value is -4.32. The van der Waals surface area contributed by atoms with Crippen molar-refractivity contribution in [2.75, 3.05) is 62.8 Å². The van der Waals surface area contributed by atoms with E-state index in [0.29, 0.717) is 0 Å². The van der Waals surface area contributed by atoms with Gasteiger partial charge in [0.15, 0.2) is 0 Å². The molecule has 11 heteroatoms. The van der Waals surface area contributed by atoms with Crippen molar-refractivity contribution < 1.29 is 13.2 Å². The van der Waals surface area contributed by atoms with Gasteiger partial charge in [-0.1, -0.05) is 66.2 Å². The monoisotopic (exact) mass is 767 g/mol. The van der Waals surface area contributed by atoms with Crippen LogP contribution >= 0.6 is 23.4 Å². The van der Waals surface area contributed by atoms with Crippen LogP contribution in [0.25, 0.3) is 11.1 Å². The van der Waals surface area contributed by atoms with Gasteiger partial charge in [-0.25, -0.2) is 13.1 Å². The molecule has 0 aromatic heterocycles. The molecule has 1 heterocycles. The number of amides is 1. The van der Waals surface area contributed by atoms with Crippen molar-refractivity contribution in [2.45, 2.75) is 28.8 Å². The van der Waals surface area contributed by atoms with E-state index in [1.165, 1.54) is 28.2 Å². The lowest BCUT2D eigenvalue weighted by atomic mass is 9.99. The van der Waals surface area contributed by atoms with Crippen molar-refractivity contribution in [3.63, 3.8) is 0 Å². The van der Waals surface area contributed by atoms with Gasteiger partial charge < -0.3 is 15.1 Å². The summed E-state index contributed by atoms with van der Waals surface area (Å²) in [5.41, 5.74) is 5.75. The van der Waals surface area contributed by atoms with Gasteiger partial charge in [-0.05, 0) is 117 Å². The zero-order valence-electron chi connectivity index (χ0n) is 30.1. The second-order valence-corrected chi connectivity index (χ2v) is 16.7. The Morgan fingerprint density at radius 2 is 1.47 bits per heavy atom. The summed E-state index contributed by atoms with van der Waals surface area (Å²) >= 11 is 7.91. The largest absolute Gasteiger partial charge is 0.381 e. The van der Waals surface area contributed by atoms with E-state index in [0.717, 1.165) is 73.4 Å². The molecule has 0 aliphatic carbocycles. The number of halogens is 1. The Bertz CT molecular complexity index is 2040. The first-order chi connectivity index (χ1) is 25.6. The van der Waals surface area contributed by atoms with E-state index in [-0.39, 0.29) is 16.5 Å². The number of rotatable bonds is 15. The molecule has 5 aromatic rings. The fraction of sp³-hybridized carbons (Fsp3) is 0.262. The number of thioether (sulfide) groups is 1. The molecule has 1 atom stereocenters. The van der Waals surface area contributed by atoms with Crippen LogP contribution < -0.4 is 14.9 Å². The summed E-state index contributed by atoms with van der Waals surface area (Å²) in [6.45, 7) is 5.25. The van der Waals surface area contributed by atoms with Gasteiger partial charge in [0.2, 0.25) is 0 Å². The number of piperazine rings is 1. The zero-order chi connectivity index (χ0) is 37.2. The van der Waals surface area contributed by atoms with E-state index in [1.54, 1.807) is 36.0 Å². The lowest BCUT2D eigenvalue weighted by Crippen LogP contribution is -2.46. The van der Waals surface area contributed by atoms with Crippen LogP contribution in [0.15, 0.2) is 137 Å². The lowest BCUT2D eigenvalue weighted by molar-refractivity contribution is 0.0981. The normalized spacial score (nSPS) is 14.2. The van der Waals surface area contributed by atoms with Gasteiger partial charge in [0, 0.05) is 71.4 Å². The predicted molar refractivity (Wildman–Crippen MR) is 220 cm³/mol. The van der Waals surface area contributed by atoms with E-state index < -0.39 is 15.9 Å². The quantitative estimate of drug-likeness (QED) is 0.104. The number of nitrogens with one attached hydrogen (secondary N) is 2. The van der Waals surface area contributed by atoms with Gasteiger partial charge in [-0.3, -0.25) is 9.69 Å². The minimum Gasteiger partial charge on any atom is -0.381 e. The maximum atomic E-state index is 13.2. The Morgan fingerprint density at radius 3 is 2.15 bits per heavy atom. The fourth-order valence-corrected chi connectivity index (χ4v) is 8.42. The van der Waals surface area contributed by atoms with Crippen molar-refractivity contribution >= 4 is 50.7 Å². The van der Waals surface area contributed by atoms with Crippen LogP contribution in [0.2, 0.25) is 5.02 Å². The molecule has 6 rings (SSSR count). The summed E-state index contributed by atoms with van der Waals surface area (Å²) in [4.78, 5) is 21.2. The number of nitrogens with zero attached hydrogens (tertiary/aromatic N) is 3. The van der Waals surface area contributed by atoms with Gasteiger partial charge in [0.25, 0.3) is 15.9 Å². The first-order valence-corrected chi connectivity index (χ1v) is 20.7. The van der Waals surface area contributed by atoms with Crippen LogP contribution in [0.5, 0.6) is 0 Å². The van der Waals surface area contributed by atoms with Gasteiger partial charge in [0.05, 0.1) is 4.90 Å². The molecule has 0 spiro atoms. The minimum atomic E-state index is -4.07. The Kier molecular flexibility index (Phi) is 13.1. The molecule has 0 unspecified atom stereocenters. The van der Waals surface area contributed by atoms with E-state index in [9.17, 15) is 13.2 Å². The molecular formula is C42H46ClN5O3S2. The maximum Gasteiger partial charge on any atom is 0.264 e. The molecule has 276 valence electrons. The highest BCUT2D eigenvalue weighted by Gasteiger charge is 2.22. The van der Waals surface area contributed by atoms with Crippen molar-refractivity contribution in [3.8, 4) is 11.1 Å². The van der Waals surface area contributed by atoms with Crippen molar-refractivity contribution in [1.82, 2.24) is 14.5 Å². The third-order valence-corrected chi connectivity index (χ3v) is 12.1. The van der Waals surface area contributed by atoms with Crippen LogP contribution in [0.4, 0.5) is 11.4 Å². The van der Waals surface area contributed by atoms with Crippen molar-refractivity contribution in [2.24, 2.45) is 0 Å². The Morgan fingerprint density at radius 1 is 0.811 bits per heavy atom. The third kappa shape index (κ3) is 10.9. The van der Waals surface area contributed by atoms with E-state index >= 15 is 0 Å². The number of benzene rings is 5. The molecule has 8 nitrogen and oxygen atoms in total. The first-order valence-electron chi connectivity index (χ1n) is 17.8. The summed E-state index contributed by atoms with van der Waals surface area (Å²) in [6.07, 6.45) is 0.929. The maximum absolute atomic E-state index is 13.2. The number of hydrogen-bond acceptors (Lipinski definition) is 8. The van der Waals surface area contributed by atoms with Crippen LogP contribution in [0, 0.1) is 0 Å². The van der Waals surface area contributed by atoms with Gasteiger partial charge >= 0.3 is 0 Å². The van der Waals surface area contributed by atoms with Crippen LogP contribution in [0.3, 0.4) is 0 Å². The first kappa shape index (κ1) is 38.4. The van der Waals surface area contributed by atoms with E-state index in [4.69, 9.17) is 11.6 Å². The van der Waals surface area contributed by atoms with E-state index in [2.05, 4.69) is 87.4 Å². The van der Waals surface area contributed by atoms with Crippen LogP contribution in [-0.4, -0.2) is 82.7 Å². The highest BCUT2D eigenvalue weighted by Crippen LogP contribution is 2.27. The smallest absolute Gasteiger partial charge is 0.264 e. The average Bonchev–Trinajstić information content (AvgIpc) is 3.17. The molecule has 1 aliphatic heterocycles. The lowest BCUT2D eigenvalue weighted by Gasteiger charge is -2.36. The van der Waals surface area contributed by atoms with Gasteiger partial charge in [-0.2, -0.15) is 0 Å². The molecule has 1 amide bonds. The zero-order valence-corrected chi connectivity index (χ0v) is 32.5. The highest BCUT2D eigenvalue weighted by molar-refractivity contribution is 7.99. The number of sulfonamides is 1. The molecule has 53 heavy (non-hydrogen) atoms. The summed E-state index contributed by atoms with van der Waals surface area (Å²) in [6, 6.07) is 40.6. The minimum absolute atomic E-state index is 0.0326. The second kappa shape index (κ2) is 18.1. The summed E-state index contributed by atoms with van der Waals surface area (Å²) in [5, 5.41) is 4.29. The number of anilines is 2. The standard InChI is InChI=1S/C42H46ClN5O3S2/c1-46(2)25-24-37(31-52-39-9-4-3-5-10-39)44-36-18-22-40(23-19-36)53(50,51)45-42(49)33-14-20-38(21-15-33)48-28-26-47(27-29-48)30-34-8-6-7-11-41(34)32-12-16-35(43)17-13-32/h3-23,37,44H,24-31H2,1-2H3,(H,45,49)/t37-/m1/s1. The van der Waals surface area contributed by atoms with Crippen molar-refractivity contribution in [3.05, 3.63) is 144 Å². The molecular weight excluding hydrogens is 722 g/mol. The number of hydrogen-bond donors (Lipinski definition) is 2. The van der Waals surface area contributed by atoms with E-state index in [1.807, 2.05) is 42.5 Å². The molecule has 5 aromatic carbocycles. The molecule has 0 saturated carbocycles. The molecule has 1 aliphatic rings. The molecule has 0 bridgehead atoms. The molecule has 1 fully saturated rings. The highest BCUT2D eigenvalue weighted by atomic mass is 35.5. The summed E-state index contributed by atoms with van der Waals surface area (Å²) < 4.78 is 28.6.